The Labute approximate surface area is 227 Å². The van der Waals surface area contributed by atoms with Crippen molar-refractivity contribution in [2.45, 2.75) is 54.0 Å². The van der Waals surface area contributed by atoms with Gasteiger partial charge in [0.05, 0.1) is 6.04 Å². The Morgan fingerprint density at radius 3 is 1.87 bits per heavy atom. The third kappa shape index (κ3) is 8.41. The summed E-state index contributed by atoms with van der Waals surface area (Å²) in [7, 11) is 0. The zero-order chi connectivity index (χ0) is 28.7. The second kappa shape index (κ2) is 16.5. The summed E-state index contributed by atoms with van der Waals surface area (Å²) in [5.41, 5.74) is 5.63. The standard InChI is InChI=1S/C27H24N2O2.C3H8.C2H6.CH2O/c1-17(2)23(20-14-12-19(13-15-20)21-9-7-8-18(3)16-21)29-25-24(26(30)27(25)31)28-22-10-5-4-6-11-22;1-3-2;2*1-2/h4-16,23,28-29H,1H2,2-3H3;3H2,1-2H3;1-2H3;1H2. The van der Waals surface area contributed by atoms with Crippen molar-refractivity contribution >= 4 is 23.9 Å². The molecule has 200 valence electrons. The number of anilines is 3. The molecule has 0 amide bonds. The van der Waals surface area contributed by atoms with E-state index < -0.39 is 10.9 Å². The maximum atomic E-state index is 12.3. The number of hydrogen-bond donors (Lipinski definition) is 2. The van der Waals surface area contributed by atoms with Crippen LogP contribution in [-0.2, 0) is 4.79 Å². The summed E-state index contributed by atoms with van der Waals surface area (Å²) in [6.45, 7) is 18.3. The molecule has 1 atom stereocenters. The largest absolute Gasteiger partial charge is 0.369 e. The minimum Gasteiger partial charge on any atom is -0.369 e. The van der Waals surface area contributed by atoms with Gasteiger partial charge in [0, 0.05) is 5.69 Å². The third-order valence-corrected chi connectivity index (χ3v) is 5.33. The SMILES string of the molecule is C=C(C)C(Nc1c(Nc2ccccc2)c(=O)c1=O)c1ccc(-c2cccc(C)c2)cc1.C=O.CC.CCC. The van der Waals surface area contributed by atoms with Gasteiger partial charge >= 0.3 is 0 Å². The van der Waals surface area contributed by atoms with Crippen LogP contribution in [0.15, 0.2) is 101 Å². The average Bonchev–Trinajstić information content (AvgIpc) is 2.95. The first-order chi connectivity index (χ1) is 18.3. The topological polar surface area (TPSA) is 75.3 Å². The number of carbonyl (C=O) groups excluding carboxylic acids is 1. The Hall–Kier alpha value is -4.25. The highest BCUT2D eigenvalue weighted by molar-refractivity contribution is 5.79. The van der Waals surface area contributed by atoms with Crippen molar-refractivity contribution in [2.75, 3.05) is 10.6 Å². The molecule has 0 saturated heterocycles. The predicted octanol–water partition coefficient (Wildman–Crippen LogP) is 7.99. The van der Waals surface area contributed by atoms with Crippen molar-refractivity contribution in [3.8, 4) is 11.1 Å². The first-order valence-corrected chi connectivity index (χ1v) is 12.9. The number of benzene rings is 3. The summed E-state index contributed by atoms with van der Waals surface area (Å²) in [6, 6.07) is 25.6. The van der Waals surface area contributed by atoms with Crippen molar-refractivity contribution in [1.29, 1.82) is 0 Å². The monoisotopic (exact) mass is 512 g/mol. The van der Waals surface area contributed by atoms with E-state index in [1.807, 2.05) is 76.1 Å². The fraction of sp³-hybridized carbons (Fsp3) is 0.242. The molecule has 0 radical (unpaired) electrons. The fourth-order valence-corrected chi connectivity index (χ4v) is 3.64. The van der Waals surface area contributed by atoms with Gasteiger partial charge < -0.3 is 15.4 Å². The Kier molecular flexibility index (Phi) is 13.8. The summed E-state index contributed by atoms with van der Waals surface area (Å²) in [5, 5.41) is 6.29. The number of nitrogens with one attached hydrogen (secondary N) is 2. The highest BCUT2D eigenvalue weighted by Crippen LogP contribution is 2.30. The number of hydrogen-bond acceptors (Lipinski definition) is 5. The molecule has 0 bridgehead atoms. The van der Waals surface area contributed by atoms with E-state index in [2.05, 4.69) is 68.3 Å². The van der Waals surface area contributed by atoms with Gasteiger partial charge in [0.15, 0.2) is 0 Å². The van der Waals surface area contributed by atoms with Gasteiger partial charge in [0.1, 0.15) is 18.2 Å². The molecule has 4 aromatic carbocycles. The summed E-state index contributed by atoms with van der Waals surface area (Å²) >= 11 is 0. The van der Waals surface area contributed by atoms with Gasteiger partial charge in [-0.1, -0.05) is 119 Å². The van der Waals surface area contributed by atoms with Crippen LogP contribution in [0, 0.1) is 6.92 Å². The van der Waals surface area contributed by atoms with E-state index in [1.54, 1.807) is 0 Å². The molecule has 5 heteroatoms. The summed E-state index contributed by atoms with van der Waals surface area (Å²) in [6.07, 6.45) is 1.25. The van der Waals surface area contributed by atoms with Gasteiger partial charge in [-0.05, 0) is 42.7 Å². The second-order valence-electron chi connectivity index (χ2n) is 8.52. The zero-order valence-corrected chi connectivity index (χ0v) is 23.4. The molecule has 0 heterocycles. The van der Waals surface area contributed by atoms with Gasteiger partial charge in [-0.3, -0.25) is 9.59 Å². The van der Waals surface area contributed by atoms with Crippen LogP contribution >= 0.6 is 0 Å². The minimum atomic E-state index is -0.513. The normalized spacial score (nSPS) is 10.4. The maximum absolute atomic E-state index is 12.3. The summed E-state index contributed by atoms with van der Waals surface area (Å²) < 4.78 is 0. The Balaban J connectivity index is 0.000000944. The molecular formula is C33H40N2O3. The molecule has 38 heavy (non-hydrogen) atoms. The number of para-hydroxylation sites is 1. The molecule has 0 saturated carbocycles. The number of carbonyl (C=O) groups is 1. The molecule has 1 unspecified atom stereocenters. The molecule has 4 aromatic rings. The molecule has 2 N–H and O–H groups in total. The van der Waals surface area contributed by atoms with Crippen LogP contribution in [0.1, 0.15) is 58.2 Å². The summed E-state index contributed by atoms with van der Waals surface area (Å²) in [4.78, 5) is 32.4. The van der Waals surface area contributed by atoms with E-state index in [-0.39, 0.29) is 6.04 Å². The van der Waals surface area contributed by atoms with E-state index in [9.17, 15) is 9.59 Å². The van der Waals surface area contributed by atoms with Crippen molar-refractivity contribution in [2.24, 2.45) is 0 Å². The maximum Gasteiger partial charge on any atom is 0.253 e. The lowest BCUT2D eigenvalue weighted by Crippen LogP contribution is -2.37. The first-order valence-electron chi connectivity index (χ1n) is 12.9. The predicted molar refractivity (Wildman–Crippen MR) is 163 cm³/mol. The van der Waals surface area contributed by atoms with Crippen LogP contribution in [0.2, 0.25) is 0 Å². The van der Waals surface area contributed by atoms with Crippen LogP contribution in [0.5, 0.6) is 0 Å². The van der Waals surface area contributed by atoms with Crippen LogP contribution in [-0.4, -0.2) is 6.79 Å². The fourth-order valence-electron chi connectivity index (χ4n) is 3.64. The molecule has 0 aliphatic carbocycles. The molecular weight excluding hydrogens is 472 g/mol. The molecule has 5 nitrogen and oxygen atoms in total. The highest BCUT2D eigenvalue weighted by Gasteiger charge is 2.24. The minimum absolute atomic E-state index is 0.286. The highest BCUT2D eigenvalue weighted by atomic mass is 16.2. The van der Waals surface area contributed by atoms with Crippen molar-refractivity contribution in [3.63, 3.8) is 0 Å². The van der Waals surface area contributed by atoms with E-state index in [0.29, 0.717) is 11.4 Å². The van der Waals surface area contributed by atoms with Gasteiger partial charge in [-0.15, -0.1) is 0 Å². The Morgan fingerprint density at radius 2 is 1.34 bits per heavy atom. The Bertz CT molecular complexity index is 1340. The van der Waals surface area contributed by atoms with E-state index in [1.165, 1.54) is 12.0 Å². The van der Waals surface area contributed by atoms with E-state index in [0.717, 1.165) is 28.0 Å². The van der Waals surface area contributed by atoms with E-state index >= 15 is 0 Å². The lowest BCUT2D eigenvalue weighted by Gasteiger charge is -2.23. The zero-order valence-electron chi connectivity index (χ0n) is 23.4. The quantitative estimate of drug-likeness (QED) is 0.194. The van der Waals surface area contributed by atoms with Gasteiger partial charge in [-0.2, -0.15) is 0 Å². The molecule has 0 spiro atoms. The molecule has 0 fully saturated rings. The number of rotatable bonds is 7. The molecule has 0 aliphatic heterocycles. The lowest BCUT2D eigenvalue weighted by molar-refractivity contribution is -0.0979. The van der Waals surface area contributed by atoms with Crippen molar-refractivity contribution in [1.82, 2.24) is 0 Å². The van der Waals surface area contributed by atoms with Crippen molar-refractivity contribution in [3.05, 3.63) is 123 Å². The first kappa shape index (κ1) is 31.8. The van der Waals surface area contributed by atoms with Crippen LogP contribution in [0.25, 0.3) is 11.1 Å². The third-order valence-electron chi connectivity index (χ3n) is 5.33. The average molecular weight is 513 g/mol. The van der Waals surface area contributed by atoms with Crippen LogP contribution in [0.4, 0.5) is 17.1 Å². The molecule has 4 rings (SSSR count). The molecule has 0 aliphatic rings. The van der Waals surface area contributed by atoms with Gasteiger partial charge in [0.25, 0.3) is 10.9 Å². The van der Waals surface area contributed by atoms with Gasteiger partial charge in [0.2, 0.25) is 0 Å². The molecule has 0 aromatic heterocycles. The van der Waals surface area contributed by atoms with Gasteiger partial charge in [-0.25, -0.2) is 0 Å². The lowest BCUT2D eigenvalue weighted by atomic mass is 9.96. The van der Waals surface area contributed by atoms with E-state index in [4.69, 9.17) is 4.79 Å². The smallest absolute Gasteiger partial charge is 0.253 e. The summed E-state index contributed by atoms with van der Waals surface area (Å²) in [5.74, 6) is 0. The Morgan fingerprint density at radius 1 is 0.789 bits per heavy atom. The van der Waals surface area contributed by atoms with Crippen LogP contribution < -0.4 is 21.5 Å². The van der Waals surface area contributed by atoms with Crippen LogP contribution in [0.3, 0.4) is 0 Å². The number of aryl methyl sites for hydroxylation is 1. The second-order valence-corrected chi connectivity index (χ2v) is 8.52. The van der Waals surface area contributed by atoms with Crippen molar-refractivity contribution < 1.29 is 4.79 Å².